The molecule has 2 rings (SSSR count). The standard InChI is InChI=1S/C11H16N4O2/c1-2-12-9-5-10(14-6-13-9)15-8-3-7(4-8)11(16)17/h5-8H,2-4H2,1H3,(H,16,17)(H2,12,13,14,15). The molecule has 92 valence electrons. The fourth-order valence-corrected chi connectivity index (χ4v) is 1.86. The lowest BCUT2D eigenvalue weighted by Crippen LogP contribution is -2.39. The van der Waals surface area contributed by atoms with Crippen LogP contribution in [0.2, 0.25) is 0 Å². The molecule has 6 nitrogen and oxygen atoms in total. The first kappa shape index (κ1) is 11.6. The molecule has 1 saturated carbocycles. The van der Waals surface area contributed by atoms with Crippen LogP contribution in [-0.4, -0.2) is 33.6 Å². The Balaban J connectivity index is 1.87. The van der Waals surface area contributed by atoms with Gasteiger partial charge in [0.25, 0.3) is 0 Å². The van der Waals surface area contributed by atoms with Crippen molar-refractivity contribution in [3.8, 4) is 0 Å². The molecule has 1 aromatic heterocycles. The molecule has 0 unspecified atom stereocenters. The molecule has 0 radical (unpaired) electrons. The lowest BCUT2D eigenvalue weighted by molar-refractivity contribution is -0.144. The van der Waals surface area contributed by atoms with Crippen LogP contribution in [0.5, 0.6) is 0 Å². The van der Waals surface area contributed by atoms with Crippen molar-refractivity contribution in [2.75, 3.05) is 17.2 Å². The minimum absolute atomic E-state index is 0.206. The molecule has 0 aliphatic heterocycles. The summed E-state index contributed by atoms with van der Waals surface area (Å²) < 4.78 is 0. The van der Waals surface area contributed by atoms with E-state index in [0.29, 0.717) is 12.8 Å². The van der Waals surface area contributed by atoms with E-state index in [1.807, 2.05) is 13.0 Å². The summed E-state index contributed by atoms with van der Waals surface area (Å²) in [4.78, 5) is 18.8. The van der Waals surface area contributed by atoms with Crippen molar-refractivity contribution < 1.29 is 9.90 Å². The molecule has 0 spiro atoms. The lowest BCUT2D eigenvalue weighted by Gasteiger charge is -2.33. The van der Waals surface area contributed by atoms with E-state index in [1.54, 1.807) is 0 Å². The van der Waals surface area contributed by atoms with E-state index >= 15 is 0 Å². The molecule has 6 heteroatoms. The molecule has 1 aromatic rings. The first-order chi connectivity index (χ1) is 8.19. The molecular weight excluding hydrogens is 220 g/mol. The summed E-state index contributed by atoms with van der Waals surface area (Å²) in [6.45, 7) is 2.81. The quantitative estimate of drug-likeness (QED) is 0.711. The van der Waals surface area contributed by atoms with E-state index in [2.05, 4.69) is 20.6 Å². The summed E-state index contributed by atoms with van der Waals surface area (Å²) in [6, 6.07) is 2.04. The summed E-state index contributed by atoms with van der Waals surface area (Å²) in [5, 5.41) is 15.1. The van der Waals surface area contributed by atoms with Gasteiger partial charge in [0.2, 0.25) is 0 Å². The number of carboxylic acid groups (broad SMARTS) is 1. The fraction of sp³-hybridized carbons (Fsp3) is 0.545. The average Bonchev–Trinajstić information content (AvgIpc) is 2.23. The molecule has 1 fully saturated rings. The number of anilines is 2. The summed E-state index contributed by atoms with van der Waals surface area (Å²) >= 11 is 0. The third-order valence-corrected chi connectivity index (χ3v) is 2.86. The summed E-state index contributed by atoms with van der Waals surface area (Å²) in [5.74, 6) is 0.602. The van der Waals surface area contributed by atoms with Crippen molar-refractivity contribution in [2.24, 2.45) is 5.92 Å². The monoisotopic (exact) mass is 236 g/mol. The molecule has 0 aromatic carbocycles. The Labute approximate surface area is 99.5 Å². The highest BCUT2D eigenvalue weighted by atomic mass is 16.4. The van der Waals surface area contributed by atoms with Crippen LogP contribution >= 0.6 is 0 Å². The second-order valence-corrected chi connectivity index (χ2v) is 4.17. The third kappa shape index (κ3) is 2.83. The second-order valence-electron chi connectivity index (χ2n) is 4.17. The van der Waals surface area contributed by atoms with Gasteiger partial charge in [0, 0.05) is 18.7 Å². The zero-order valence-corrected chi connectivity index (χ0v) is 9.68. The summed E-state index contributed by atoms with van der Waals surface area (Å²) in [7, 11) is 0. The van der Waals surface area contributed by atoms with Gasteiger partial charge in [0.1, 0.15) is 18.0 Å². The first-order valence-corrected chi connectivity index (χ1v) is 5.74. The van der Waals surface area contributed by atoms with Gasteiger partial charge in [0.05, 0.1) is 5.92 Å². The molecule has 1 heterocycles. The molecule has 1 aliphatic rings. The largest absolute Gasteiger partial charge is 0.481 e. The molecule has 0 atom stereocenters. The number of carboxylic acids is 1. The van der Waals surface area contributed by atoms with Crippen LogP contribution in [0.25, 0.3) is 0 Å². The van der Waals surface area contributed by atoms with Crippen LogP contribution in [-0.2, 0) is 4.79 Å². The highest BCUT2D eigenvalue weighted by Crippen LogP contribution is 2.29. The van der Waals surface area contributed by atoms with E-state index in [1.165, 1.54) is 6.33 Å². The van der Waals surface area contributed by atoms with Crippen LogP contribution in [0, 0.1) is 5.92 Å². The van der Waals surface area contributed by atoms with Gasteiger partial charge in [-0.25, -0.2) is 9.97 Å². The van der Waals surface area contributed by atoms with Crippen molar-refractivity contribution in [2.45, 2.75) is 25.8 Å². The Kier molecular flexibility index (Phi) is 3.41. The van der Waals surface area contributed by atoms with Gasteiger partial charge in [-0.2, -0.15) is 0 Å². The highest BCUT2D eigenvalue weighted by Gasteiger charge is 2.34. The number of aliphatic carboxylic acids is 1. The zero-order valence-electron chi connectivity index (χ0n) is 9.68. The zero-order chi connectivity index (χ0) is 12.3. The smallest absolute Gasteiger partial charge is 0.306 e. The van der Waals surface area contributed by atoms with Gasteiger partial charge in [-0.05, 0) is 19.8 Å². The average molecular weight is 236 g/mol. The van der Waals surface area contributed by atoms with Crippen LogP contribution in [0.3, 0.4) is 0 Å². The molecule has 0 saturated heterocycles. The van der Waals surface area contributed by atoms with Gasteiger partial charge in [0.15, 0.2) is 0 Å². The number of nitrogens with one attached hydrogen (secondary N) is 2. The summed E-state index contributed by atoms with van der Waals surface area (Å²) in [6.07, 6.45) is 2.82. The minimum atomic E-state index is -0.709. The van der Waals surface area contributed by atoms with Crippen molar-refractivity contribution in [1.29, 1.82) is 0 Å². The summed E-state index contributed by atoms with van der Waals surface area (Å²) in [5.41, 5.74) is 0. The SMILES string of the molecule is CCNc1cc(NC2CC(C(=O)O)C2)ncn1. The number of carbonyl (C=O) groups is 1. The van der Waals surface area contributed by atoms with Crippen LogP contribution in [0.4, 0.5) is 11.6 Å². The van der Waals surface area contributed by atoms with Gasteiger partial charge in [-0.15, -0.1) is 0 Å². The number of rotatable bonds is 5. The van der Waals surface area contributed by atoms with Gasteiger partial charge in [-0.1, -0.05) is 0 Å². The van der Waals surface area contributed by atoms with Gasteiger partial charge < -0.3 is 15.7 Å². The molecule has 0 bridgehead atoms. The maximum atomic E-state index is 10.7. The Morgan fingerprint density at radius 3 is 2.82 bits per heavy atom. The Morgan fingerprint density at radius 1 is 1.47 bits per heavy atom. The third-order valence-electron chi connectivity index (χ3n) is 2.86. The van der Waals surface area contributed by atoms with Gasteiger partial charge in [-0.3, -0.25) is 4.79 Å². The predicted molar refractivity (Wildman–Crippen MR) is 64.0 cm³/mol. The van der Waals surface area contributed by atoms with Crippen molar-refractivity contribution in [3.05, 3.63) is 12.4 Å². The fourth-order valence-electron chi connectivity index (χ4n) is 1.86. The number of nitrogens with zero attached hydrogens (tertiary/aromatic N) is 2. The Bertz CT molecular complexity index is 404. The first-order valence-electron chi connectivity index (χ1n) is 5.74. The minimum Gasteiger partial charge on any atom is -0.481 e. The van der Waals surface area contributed by atoms with Crippen LogP contribution in [0.15, 0.2) is 12.4 Å². The maximum Gasteiger partial charge on any atom is 0.306 e. The van der Waals surface area contributed by atoms with Crippen molar-refractivity contribution >= 4 is 17.6 Å². The maximum absolute atomic E-state index is 10.7. The number of hydrogen-bond donors (Lipinski definition) is 3. The van der Waals surface area contributed by atoms with E-state index in [4.69, 9.17) is 5.11 Å². The Morgan fingerprint density at radius 2 is 2.18 bits per heavy atom. The van der Waals surface area contributed by atoms with E-state index in [0.717, 1.165) is 18.2 Å². The Hall–Kier alpha value is -1.85. The van der Waals surface area contributed by atoms with Crippen molar-refractivity contribution in [1.82, 2.24) is 9.97 Å². The molecule has 17 heavy (non-hydrogen) atoms. The van der Waals surface area contributed by atoms with Gasteiger partial charge >= 0.3 is 5.97 Å². The van der Waals surface area contributed by atoms with Crippen LogP contribution < -0.4 is 10.6 Å². The van der Waals surface area contributed by atoms with E-state index in [9.17, 15) is 4.79 Å². The second kappa shape index (κ2) is 4.99. The number of aromatic nitrogens is 2. The molecular formula is C11H16N4O2. The molecule has 3 N–H and O–H groups in total. The lowest BCUT2D eigenvalue weighted by atomic mass is 9.80. The number of hydrogen-bond acceptors (Lipinski definition) is 5. The predicted octanol–water partition coefficient (Wildman–Crippen LogP) is 1.18. The topological polar surface area (TPSA) is 87.1 Å². The normalized spacial score (nSPS) is 22.6. The highest BCUT2D eigenvalue weighted by molar-refractivity contribution is 5.71. The van der Waals surface area contributed by atoms with Crippen LogP contribution in [0.1, 0.15) is 19.8 Å². The van der Waals surface area contributed by atoms with E-state index in [-0.39, 0.29) is 12.0 Å². The molecule has 1 aliphatic carbocycles. The molecule has 0 amide bonds. The van der Waals surface area contributed by atoms with E-state index < -0.39 is 5.97 Å². The van der Waals surface area contributed by atoms with Crippen molar-refractivity contribution in [3.63, 3.8) is 0 Å².